The third-order valence-corrected chi connectivity index (χ3v) is 8.79. The van der Waals surface area contributed by atoms with Crippen molar-refractivity contribution in [1.82, 2.24) is 4.90 Å². The van der Waals surface area contributed by atoms with E-state index in [0.717, 1.165) is 31.2 Å². The first-order chi connectivity index (χ1) is 17.9. The molecule has 1 aromatic carbocycles. The van der Waals surface area contributed by atoms with Gasteiger partial charge in [-0.3, -0.25) is 9.79 Å². The van der Waals surface area contributed by atoms with Crippen LogP contribution >= 0.6 is 0 Å². The molecular weight excluding hydrogens is 490 g/mol. The van der Waals surface area contributed by atoms with Gasteiger partial charge in [-0.25, -0.2) is 13.6 Å². The molecule has 0 radical (unpaired) electrons. The maximum Gasteiger partial charge on any atom is 0.335 e. The molecule has 1 aliphatic heterocycles. The van der Waals surface area contributed by atoms with E-state index in [1.165, 1.54) is 13.2 Å². The van der Waals surface area contributed by atoms with Gasteiger partial charge in [-0.05, 0) is 85.1 Å². The molecule has 2 unspecified atom stereocenters. The SMILES string of the molecule is COC1=C(F)C=C(C2=NC3(CCC(C(C)(C)C)CC3)N(C(c3ccc(C(=O)O)cc3)C3CC3)C2=O)CC1F. The van der Waals surface area contributed by atoms with E-state index < -0.39 is 23.6 Å². The van der Waals surface area contributed by atoms with Gasteiger partial charge in [-0.2, -0.15) is 0 Å². The third-order valence-electron chi connectivity index (χ3n) is 8.79. The second-order valence-electron chi connectivity index (χ2n) is 12.2. The molecule has 1 heterocycles. The van der Waals surface area contributed by atoms with Crippen molar-refractivity contribution in [3.63, 3.8) is 0 Å². The van der Waals surface area contributed by atoms with Crippen molar-refractivity contribution in [2.24, 2.45) is 22.2 Å². The summed E-state index contributed by atoms with van der Waals surface area (Å²) in [6, 6.07) is 6.44. The number of carbonyl (C=O) groups is 2. The smallest absolute Gasteiger partial charge is 0.335 e. The Labute approximate surface area is 222 Å². The molecule has 1 aromatic rings. The summed E-state index contributed by atoms with van der Waals surface area (Å²) in [5.41, 5.74) is 0.791. The van der Waals surface area contributed by atoms with Crippen LogP contribution in [0.5, 0.6) is 0 Å². The number of nitrogens with zero attached hydrogens (tertiary/aromatic N) is 2. The van der Waals surface area contributed by atoms with E-state index in [0.29, 0.717) is 18.8 Å². The molecule has 5 rings (SSSR count). The van der Waals surface area contributed by atoms with E-state index in [1.54, 1.807) is 24.3 Å². The molecular formula is C30H36F2N2O4. The van der Waals surface area contributed by atoms with Crippen LogP contribution in [0, 0.1) is 17.3 Å². The summed E-state index contributed by atoms with van der Waals surface area (Å²) in [5.74, 6) is -1.77. The highest BCUT2D eigenvalue weighted by Gasteiger charge is 2.55. The minimum atomic E-state index is -1.68. The maximum absolute atomic E-state index is 14.8. The van der Waals surface area contributed by atoms with E-state index in [2.05, 4.69) is 20.8 Å². The maximum atomic E-state index is 14.8. The van der Waals surface area contributed by atoms with E-state index >= 15 is 0 Å². The molecule has 1 spiro atoms. The third kappa shape index (κ3) is 4.67. The zero-order valence-corrected chi connectivity index (χ0v) is 22.5. The van der Waals surface area contributed by atoms with Gasteiger partial charge in [0.1, 0.15) is 11.4 Å². The van der Waals surface area contributed by atoms with Crippen molar-refractivity contribution < 1.29 is 28.2 Å². The molecule has 2 fully saturated rings. The van der Waals surface area contributed by atoms with Gasteiger partial charge in [-0.1, -0.05) is 32.9 Å². The van der Waals surface area contributed by atoms with Gasteiger partial charge < -0.3 is 14.7 Å². The number of aromatic carboxylic acids is 1. The van der Waals surface area contributed by atoms with Gasteiger partial charge >= 0.3 is 5.97 Å². The first-order valence-electron chi connectivity index (χ1n) is 13.5. The normalized spacial score (nSPS) is 28.9. The van der Waals surface area contributed by atoms with Crippen molar-refractivity contribution in [3.8, 4) is 0 Å². The Bertz CT molecular complexity index is 1220. The van der Waals surface area contributed by atoms with Crippen LogP contribution in [-0.4, -0.2) is 46.5 Å². The predicted molar refractivity (Wildman–Crippen MR) is 140 cm³/mol. The Hall–Kier alpha value is -3.03. The fraction of sp³-hybridized carbons (Fsp3) is 0.567. The molecule has 2 atom stereocenters. The zero-order chi connectivity index (χ0) is 27.4. The molecule has 204 valence electrons. The highest BCUT2D eigenvalue weighted by molar-refractivity contribution is 6.47. The quantitative estimate of drug-likeness (QED) is 0.456. The van der Waals surface area contributed by atoms with Gasteiger partial charge in [-0.15, -0.1) is 0 Å². The van der Waals surface area contributed by atoms with Crippen LogP contribution in [-0.2, 0) is 9.53 Å². The van der Waals surface area contributed by atoms with E-state index in [1.807, 2.05) is 4.90 Å². The van der Waals surface area contributed by atoms with Crippen LogP contribution in [0.15, 0.2) is 52.5 Å². The highest BCUT2D eigenvalue weighted by Crippen LogP contribution is 2.54. The summed E-state index contributed by atoms with van der Waals surface area (Å²) >= 11 is 0. The van der Waals surface area contributed by atoms with Crippen molar-refractivity contribution in [3.05, 3.63) is 58.6 Å². The van der Waals surface area contributed by atoms with Crippen molar-refractivity contribution in [1.29, 1.82) is 0 Å². The number of hydrogen-bond donors (Lipinski definition) is 1. The molecule has 3 aliphatic carbocycles. The number of aliphatic imine (C=N–C) groups is 1. The molecule has 6 nitrogen and oxygen atoms in total. The Morgan fingerprint density at radius 2 is 1.79 bits per heavy atom. The van der Waals surface area contributed by atoms with Crippen LogP contribution < -0.4 is 0 Å². The number of alkyl halides is 1. The van der Waals surface area contributed by atoms with E-state index in [4.69, 9.17) is 9.73 Å². The number of carbonyl (C=O) groups excluding carboxylic acids is 1. The topological polar surface area (TPSA) is 79.2 Å². The summed E-state index contributed by atoms with van der Waals surface area (Å²) in [6.07, 6.45) is 4.39. The molecule has 1 N–H and O–H groups in total. The van der Waals surface area contributed by atoms with Gasteiger partial charge in [0.25, 0.3) is 5.91 Å². The number of allylic oxidation sites excluding steroid dienone is 3. The fourth-order valence-electron chi connectivity index (χ4n) is 6.48. The number of carboxylic acid groups (broad SMARTS) is 1. The van der Waals surface area contributed by atoms with Crippen LogP contribution in [0.25, 0.3) is 0 Å². The number of rotatable bonds is 6. The van der Waals surface area contributed by atoms with Gasteiger partial charge in [0.05, 0.1) is 18.7 Å². The van der Waals surface area contributed by atoms with Crippen LogP contribution in [0.3, 0.4) is 0 Å². The van der Waals surface area contributed by atoms with Crippen molar-refractivity contribution >= 4 is 17.6 Å². The number of amides is 1. The summed E-state index contributed by atoms with van der Waals surface area (Å²) in [7, 11) is 1.23. The van der Waals surface area contributed by atoms with Gasteiger partial charge in [0, 0.05) is 6.42 Å². The molecule has 38 heavy (non-hydrogen) atoms. The standard InChI is InChI=1S/C30H36F2N2O4/c1-29(2,3)21-11-13-30(14-12-21)33-24(20-15-22(31)26(38-4)23(32)16-20)27(35)34(30)25(17-5-6-17)18-7-9-19(10-8-18)28(36)37/h7-10,15,17,21,23,25H,5-6,11-14,16H2,1-4H3,(H,36,37). The lowest BCUT2D eigenvalue weighted by molar-refractivity contribution is -0.134. The number of ether oxygens (including phenoxy) is 1. The molecule has 8 heteroatoms. The average molecular weight is 527 g/mol. The van der Waals surface area contributed by atoms with Gasteiger partial charge in [0.15, 0.2) is 17.8 Å². The molecule has 0 aromatic heterocycles. The lowest BCUT2D eigenvalue weighted by Crippen LogP contribution is -2.52. The summed E-state index contributed by atoms with van der Waals surface area (Å²) in [5, 5.41) is 9.37. The fourth-order valence-corrected chi connectivity index (χ4v) is 6.48. The summed E-state index contributed by atoms with van der Waals surface area (Å²) in [6.45, 7) is 6.70. The minimum Gasteiger partial charge on any atom is -0.495 e. The minimum absolute atomic E-state index is 0.127. The van der Waals surface area contributed by atoms with Crippen molar-refractivity contribution in [2.45, 2.75) is 83.6 Å². The number of methoxy groups -OCH3 is 1. The van der Waals surface area contributed by atoms with E-state index in [9.17, 15) is 23.5 Å². The first kappa shape index (κ1) is 26.6. The number of hydrogen-bond acceptors (Lipinski definition) is 4. The second-order valence-corrected chi connectivity index (χ2v) is 12.2. The molecule has 1 amide bonds. The lowest BCUT2D eigenvalue weighted by Gasteiger charge is -2.47. The number of benzene rings is 1. The Morgan fingerprint density at radius 3 is 2.29 bits per heavy atom. The first-order valence-corrected chi connectivity index (χ1v) is 13.5. The Balaban J connectivity index is 1.57. The summed E-state index contributed by atoms with van der Waals surface area (Å²) in [4.78, 5) is 32.6. The van der Waals surface area contributed by atoms with Gasteiger partial charge in [0.2, 0.25) is 0 Å². The molecule has 2 saturated carbocycles. The molecule has 0 bridgehead atoms. The monoisotopic (exact) mass is 526 g/mol. The molecule has 4 aliphatic rings. The summed E-state index contributed by atoms with van der Waals surface area (Å²) < 4.78 is 34.4. The molecule has 0 saturated heterocycles. The Kier molecular flexibility index (Phi) is 6.72. The van der Waals surface area contributed by atoms with Crippen LogP contribution in [0.2, 0.25) is 0 Å². The van der Waals surface area contributed by atoms with E-state index in [-0.39, 0.29) is 52.3 Å². The second kappa shape index (κ2) is 9.62. The van der Waals surface area contributed by atoms with Crippen molar-refractivity contribution in [2.75, 3.05) is 7.11 Å². The van der Waals surface area contributed by atoms with Crippen LogP contribution in [0.4, 0.5) is 8.78 Å². The Morgan fingerprint density at radius 1 is 1.16 bits per heavy atom. The number of carboxylic acids is 1. The highest BCUT2D eigenvalue weighted by atomic mass is 19.1. The largest absolute Gasteiger partial charge is 0.495 e. The zero-order valence-electron chi connectivity index (χ0n) is 22.5. The number of halogens is 2. The predicted octanol–water partition coefficient (Wildman–Crippen LogP) is 6.55. The average Bonchev–Trinajstić information content (AvgIpc) is 3.66. The van der Waals surface area contributed by atoms with Crippen LogP contribution in [0.1, 0.15) is 87.7 Å². The lowest BCUT2D eigenvalue weighted by atomic mass is 9.69.